The van der Waals surface area contributed by atoms with E-state index in [4.69, 9.17) is 0 Å². The van der Waals surface area contributed by atoms with Crippen LogP contribution in [0.25, 0.3) is 0 Å². The number of rotatable bonds is 6. The molecular weight excluding hydrogens is 396 g/mol. The van der Waals surface area contributed by atoms with Crippen molar-refractivity contribution < 1.29 is 9.59 Å². The average molecular weight is 433 g/mol. The van der Waals surface area contributed by atoms with Gasteiger partial charge in [-0.3, -0.25) is 14.5 Å². The number of hydrogen-bond acceptors (Lipinski definition) is 3. The van der Waals surface area contributed by atoms with E-state index < -0.39 is 0 Å². The first-order valence-electron chi connectivity index (χ1n) is 12.2. The fraction of sp³-hybridized carbons (Fsp3) is 0.500. The Hall–Kier alpha value is -2.46. The number of likely N-dealkylation sites (tertiary alicyclic amines) is 1. The van der Waals surface area contributed by atoms with Gasteiger partial charge >= 0.3 is 0 Å². The van der Waals surface area contributed by atoms with Crippen LogP contribution in [-0.2, 0) is 24.3 Å². The van der Waals surface area contributed by atoms with Gasteiger partial charge in [0.25, 0.3) is 0 Å². The van der Waals surface area contributed by atoms with Crippen molar-refractivity contribution >= 4 is 11.7 Å². The van der Waals surface area contributed by atoms with E-state index in [1.54, 1.807) is 6.92 Å². The van der Waals surface area contributed by atoms with Gasteiger partial charge < -0.3 is 4.90 Å². The summed E-state index contributed by atoms with van der Waals surface area (Å²) in [6.45, 7) is 8.52. The van der Waals surface area contributed by atoms with Crippen molar-refractivity contribution in [2.75, 3.05) is 19.6 Å². The molecule has 0 bridgehead atoms. The van der Waals surface area contributed by atoms with Crippen LogP contribution in [-0.4, -0.2) is 41.1 Å². The molecule has 0 aliphatic carbocycles. The summed E-state index contributed by atoms with van der Waals surface area (Å²) in [7, 11) is 0. The molecule has 0 unspecified atom stereocenters. The minimum Gasteiger partial charge on any atom is -0.339 e. The summed E-state index contributed by atoms with van der Waals surface area (Å²) in [4.78, 5) is 29.2. The van der Waals surface area contributed by atoms with E-state index in [0.717, 1.165) is 56.6 Å². The van der Waals surface area contributed by atoms with Crippen molar-refractivity contribution in [2.45, 2.75) is 65.5 Å². The lowest BCUT2D eigenvalue weighted by Gasteiger charge is -2.32. The molecule has 32 heavy (non-hydrogen) atoms. The lowest BCUT2D eigenvalue weighted by Crippen LogP contribution is -2.33. The van der Waals surface area contributed by atoms with E-state index in [2.05, 4.69) is 42.2 Å². The number of nitrogens with zero attached hydrogens (tertiary/aromatic N) is 2. The smallest absolute Gasteiger partial charge is 0.219 e. The number of ketones is 1. The topological polar surface area (TPSA) is 40.6 Å². The summed E-state index contributed by atoms with van der Waals surface area (Å²) in [5, 5.41) is 0. The number of aryl methyl sites for hydroxylation is 2. The summed E-state index contributed by atoms with van der Waals surface area (Å²) < 4.78 is 0. The summed E-state index contributed by atoms with van der Waals surface area (Å²) in [6, 6.07) is 14.8. The third kappa shape index (κ3) is 5.66. The fourth-order valence-electron chi connectivity index (χ4n) is 5.15. The summed E-state index contributed by atoms with van der Waals surface area (Å²) in [5.41, 5.74) is 6.03. The van der Waals surface area contributed by atoms with E-state index in [0.29, 0.717) is 18.9 Å². The van der Waals surface area contributed by atoms with Crippen LogP contribution in [0.2, 0.25) is 0 Å². The SMILES string of the molecule is CC(=O)N1CCCc2ccc(C(=O)CCC3CCN(Cc4ccccc4C)CC3)cc2C1. The first-order valence-corrected chi connectivity index (χ1v) is 12.2. The molecule has 0 atom stereocenters. The quantitative estimate of drug-likeness (QED) is 0.592. The molecule has 1 fully saturated rings. The summed E-state index contributed by atoms with van der Waals surface area (Å²) >= 11 is 0. The molecule has 2 aliphatic heterocycles. The Morgan fingerprint density at radius 3 is 2.53 bits per heavy atom. The second-order valence-corrected chi connectivity index (χ2v) is 9.64. The van der Waals surface area contributed by atoms with E-state index in [-0.39, 0.29) is 11.7 Å². The molecule has 2 aromatic rings. The van der Waals surface area contributed by atoms with Crippen LogP contribution in [0.3, 0.4) is 0 Å². The Kier molecular flexibility index (Phi) is 7.41. The van der Waals surface area contributed by atoms with Crippen LogP contribution in [0.15, 0.2) is 42.5 Å². The van der Waals surface area contributed by atoms with Crippen molar-refractivity contribution in [1.29, 1.82) is 0 Å². The largest absolute Gasteiger partial charge is 0.339 e. The lowest BCUT2D eigenvalue weighted by atomic mass is 9.89. The molecule has 2 heterocycles. The number of fused-ring (bicyclic) bond motifs is 1. The molecule has 1 amide bonds. The molecule has 0 aromatic heterocycles. The predicted molar refractivity (Wildman–Crippen MR) is 129 cm³/mol. The highest BCUT2D eigenvalue weighted by molar-refractivity contribution is 5.96. The standard InChI is InChI=1S/C28H36N2O2/c1-21-6-3-4-7-26(21)19-29-16-13-23(14-17-29)9-12-28(32)25-11-10-24-8-5-15-30(22(2)31)20-27(24)18-25/h3-4,6-7,10-11,18,23H,5,8-9,12-17,19-20H2,1-2H3. The van der Waals surface area contributed by atoms with Crippen LogP contribution in [0.5, 0.6) is 0 Å². The molecule has 2 aliphatic rings. The van der Waals surface area contributed by atoms with Gasteiger partial charge in [0.2, 0.25) is 5.91 Å². The van der Waals surface area contributed by atoms with Crippen LogP contribution in [0.4, 0.5) is 0 Å². The van der Waals surface area contributed by atoms with Gasteiger partial charge in [-0.2, -0.15) is 0 Å². The Bertz CT molecular complexity index is 960. The highest BCUT2D eigenvalue weighted by Crippen LogP contribution is 2.26. The Labute approximate surface area is 192 Å². The summed E-state index contributed by atoms with van der Waals surface area (Å²) in [6.07, 6.45) is 5.93. The van der Waals surface area contributed by atoms with Gasteiger partial charge in [0.15, 0.2) is 5.78 Å². The zero-order valence-corrected chi connectivity index (χ0v) is 19.6. The van der Waals surface area contributed by atoms with E-state index in [9.17, 15) is 9.59 Å². The second-order valence-electron chi connectivity index (χ2n) is 9.64. The minimum absolute atomic E-state index is 0.114. The second kappa shape index (κ2) is 10.4. The van der Waals surface area contributed by atoms with Crippen LogP contribution in [0.1, 0.15) is 71.6 Å². The molecule has 2 aromatic carbocycles. The highest BCUT2D eigenvalue weighted by Gasteiger charge is 2.22. The van der Waals surface area contributed by atoms with E-state index in [1.807, 2.05) is 17.0 Å². The van der Waals surface area contributed by atoms with Gasteiger partial charge in [-0.15, -0.1) is 0 Å². The number of carbonyl (C=O) groups is 2. The maximum absolute atomic E-state index is 12.9. The Morgan fingerprint density at radius 1 is 1.00 bits per heavy atom. The van der Waals surface area contributed by atoms with Gasteiger partial charge in [-0.1, -0.05) is 36.4 Å². The number of benzene rings is 2. The molecule has 4 heteroatoms. The zero-order chi connectivity index (χ0) is 22.5. The molecule has 0 saturated carbocycles. The number of amides is 1. The van der Waals surface area contributed by atoms with E-state index >= 15 is 0 Å². The van der Waals surface area contributed by atoms with Crippen molar-refractivity contribution in [2.24, 2.45) is 5.92 Å². The molecule has 4 nitrogen and oxygen atoms in total. The molecule has 1 saturated heterocycles. The van der Waals surface area contributed by atoms with E-state index in [1.165, 1.54) is 29.5 Å². The normalized spacial score (nSPS) is 17.6. The van der Waals surface area contributed by atoms with Gasteiger partial charge in [0.05, 0.1) is 0 Å². The predicted octanol–water partition coefficient (Wildman–Crippen LogP) is 5.16. The maximum atomic E-state index is 12.9. The number of carbonyl (C=O) groups excluding carboxylic acids is 2. The third-order valence-corrected chi connectivity index (χ3v) is 7.35. The Morgan fingerprint density at radius 2 is 1.78 bits per heavy atom. The van der Waals surface area contributed by atoms with Gasteiger partial charge in [-0.25, -0.2) is 0 Å². The maximum Gasteiger partial charge on any atom is 0.219 e. The van der Waals surface area contributed by atoms with Crippen LogP contribution in [0, 0.1) is 12.8 Å². The Balaban J connectivity index is 1.27. The fourth-order valence-corrected chi connectivity index (χ4v) is 5.15. The number of hydrogen-bond donors (Lipinski definition) is 0. The van der Waals surface area contributed by atoms with Crippen molar-refractivity contribution in [3.63, 3.8) is 0 Å². The number of Topliss-reactive ketones (excluding diaryl/α,β-unsaturated/α-hetero) is 1. The van der Waals surface area contributed by atoms with Crippen molar-refractivity contribution in [3.8, 4) is 0 Å². The molecule has 0 N–H and O–H groups in total. The first kappa shape index (κ1) is 22.7. The van der Waals surface area contributed by atoms with Crippen LogP contribution < -0.4 is 0 Å². The molecule has 170 valence electrons. The van der Waals surface area contributed by atoms with Crippen LogP contribution >= 0.6 is 0 Å². The molecule has 0 spiro atoms. The van der Waals surface area contributed by atoms with Crippen molar-refractivity contribution in [3.05, 3.63) is 70.3 Å². The lowest BCUT2D eigenvalue weighted by molar-refractivity contribution is -0.129. The molecular formula is C28H36N2O2. The minimum atomic E-state index is 0.114. The average Bonchev–Trinajstić information content (AvgIpc) is 3.02. The van der Waals surface area contributed by atoms with Gasteiger partial charge in [-0.05, 0) is 86.4 Å². The van der Waals surface area contributed by atoms with Gasteiger partial charge in [0, 0.05) is 38.5 Å². The zero-order valence-electron chi connectivity index (χ0n) is 19.6. The number of piperidine rings is 1. The summed E-state index contributed by atoms with van der Waals surface area (Å²) in [5.74, 6) is 0.998. The van der Waals surface area contributed by atoms with Gasteiger partial charge in [0.1, 0.15) is 0 Å². The monoisotopic (exact) mass is 432 g/mol. The molecule has 4 rings (SSSR count). The van der Waals surface area contributed by atoms with Crippen molar-refractivity contribution in [1.82, 2.24) is 9.80 Å². The third-order valence-electron chi connectivity index (χ3n) is 7.35. The molecule has 0 radical (unpaired) electrons. The first-order chi connectivity index (χ1) is 15.5. The highest BCUT2D eigenvalue weighted by atomic mass is 16.2.